The molecule has 0 aliphatic rings. The van der Waals surface area contributed by atoms with Gasteiger partial charge in [0.15, 0.2) is 0 Å². The fourth-order valence-electron chi connectivity index (χ4n) is 3.16. The minimum absolute atomic E-state index is 0.0503. The summed E-state index contributed by atoms with van der Waals surface area (Å²) >= 11 is 5.97. The van der Waals surface area contributed by atoms with Crippen molar-refractivity contribution in [3.8, 4) is 0 Å². The van der Waals surface area contributed by atoms with Crippen LogP contribution in [0.15, 0.2) is 42.5 Å². The van der Waals surface area contributed by atoms with Gasteiger partial charge in [-0.05, 0) is 48.6 Å². The van der Waals surface area contributed by atoms with Crippen LogP contribution in [-0.2, 0) is 22.4 Å². The van der Waals surface area contributed by atoms with Crippen LogP contribution in [0.4, 0.5) is 5.69 Å². The Kier molecular flexibility index (Phi) is 7.86. The highest BCUT2D eigenvalue weighted by Crippen LogP contribution is 2.26. The molecular weight excluding hydrogens is 360 g/mol. The van der Waals surface area contributed by atoms with Crippen LogP contribution in [0.2, 0.25) is 5.02 Å². The number of para-hydroxylation sites is 1. The predicted molar refractivity (Wildman–Crippen MR) is 111 cm³/mol. The number of aryl methyl sites for hydroxylation is 2. The molecule has 0 saturated carbocycles. The minimum atomic E-state index is -0.0603. The van der Waals surface area contributed by atoms with Gasteiger partial charge in [0.2, 0.25) is 11.8 Å². The number of anilines is 1. The highest BCUT2D eigenvalue weighted by molar-refractivity contribution is 6.30. The summed E-state index contributed by atoms with van der Waals surface area (Å²) in [6.07, 6.45) is 1.83. The molecule has 144 valence electrons. The SMILES string of the molecule is CCc1cccc(C)c1N(CCC(=O)NCCc1cccc(Cl)c1)C(C)=O. The van der Waals surface area contributed by atoms with Crippen LogP contribution in [-0.4, -0.2) is 24.9 Å². The molecular formula is C22H27ClN2O2. The van der Waals surface area contributed by atoms with Crippen LogP contribution >= 0.6 is 11.6 Å². The summed E-state index contributed by atoms with van der Waals surface area (Å²) in [4.78, 5) is 26.1. The van der Waals surface area contributed by atoms with Crippen LogP contribution in [0, 0.1) is 6.92 Å². The first kappa shape index (κ1) is 21.0. The number of halogens is 1. The molecule has 0 aliphatic heterocycles. The van der Waals surface area contributed by atoms with E-state index in [0.29, 0.717) is 18.1 Å². The second-order valence-electron chi connectivity index (χ2n) is 6.59. The van der Waals surface area contributed by atoms with Crippen LogP contribution in [0.1, 0.15) is 37.0 Å². The number of carbonyl (C=O) groups excluding carboxylic acids is 2. The molecule has 0 aliphatic carbocycles. The van der Waals surface area contributed by atoms with Crippen molar-refractivity contribution in [3.05, 3.63) is 64.2 Å². The first-order valence-electron chi connectivity index (χ1n) is 9.30. The van der Waals surface area contributed by atoms with E-state index in [0.717, 1.165) is 35.2 Å². The largest absolute Gasteiger partial charge is 0.356 e. The summed E-state index contributed by atoms with van der Waals surface area (Å²) in [6.45, 7) is 6.53. The average Bonchev–Trinajstić information content (AvgIpc) is 2.62. The van der Waals surface area contributed by atoms with Gasteiger partial charge in [-0.1, -0.05) is 48.9 Å². The molecule has 2 amide bonds. The maximum Gasteiger partial charge on any atom is 0.223 e. The van der Waals surface area contributed by atoms with Crippen LogP contribution < -0.4 is 10.2 Å². The molecule has 1 N–H and O–H groups in total. The van der Waals surface area contributed by atoms with E-state index in [1.165, 1.54) is 0 Å². The summed E-state index contributed by atoms with van der Waals surface area (Å²) in [6, 6.07) is 13.6. The lowest BCUT2D eigenvalue weighted by atomic mass is 10.0. The van der Waals surface area contributed by atoms with Crippen molar-refractivity contribution in [1.29, 1.82) is 0 Å². The van der Waals surface area contributed by atoms with Gasteiger partial charge >= 0.3 is 0 Å². The zero-order chi connectivity index (χ0) is 19.8. The summed E-state index contributed by atoms with van der Waals surface area (Å²) in [5.41, 5.74) is 4.18. The molecule has 4 nitrogen and oxygen atoms in total. The number of hydrogen-bond acceptors (Lipinski definition) is 2. The first-order chi connectivity index (χ1) is 12.9. The van der Waals surface area contributed by atoms with Crippen LogP contribution in [0.5, 0.6) is 0 Å². The predicted octanol–water partition coefficient (Wildman–Crippen LogP) is 4.31. The topological polar surface area (TPSA) is 49.4 Å². The number of nitrogens with one attached hydrogen (secondary N) is 1. The molecule has 27 heavy (non-hydrogen) atoms. The molecule has 2 aromatic carbocycles. The number of carbonyl (C=O) groups is 2. The molecule has 0 fully saturated rings. The summed E-state index contributed by atoms with van der Waals surface area (Å²) < 4.78 is 0. The van der Waals surface area contributed by atoms with E-state index in [4.69, 9.17) is 11.6 Å². The number of hydrogen-bond donors (Lipinski definition) is 1. The van der Waals surface area contributed by atoms with Gasteiger partial charge in [-0.25, -0.2) is 0 Å². The average molecular weight is 387 g/mol. The van der Waals surface area contributed by atoms with Gasteiger partial charge in [-0.15, -0.1) is 0 Å². The van der Waals surface area contributed by atoms with E-state index in [1.54, 1.807) is 11.8 Å². The fraction of sp³-hybridized carbons (Fsp3) is 0.364. The van der Waals surface area contributed by atoms with Gasteiger partial charge < -0.3 is 10.2 Å². The van der Waals surface area contributed by atoms with Gasteiger partial charge in [-0.2, -0.15) is 0 Å². The normalized spacial score (nSPS) is 10.5. The Bertz CT molecular complexity index is 805. The summed E-state index contributed by atoms with van der Waals surface area (Å²) in [7, 11) is 0. The quantitative estimate of drug-likeness (QED) is 0.734. The Morgan fingerprint density at radius 3 is 2.56 bits per heavy atom. The molecule has 0 atom stereocenters. The standard InChI is InChI=1S/C22H27ClN2O2/c1-4-19-9-5-7-16(2)22(19)25(17(3)26)14-12-21(27)24-13-11-18-8-6-10-20(23)15-18/h5-10,15H,4,11-14H2,1-3H3,(H,24,27). The molecule has 0 heterocycles. The van der Waals surface area contributed by atoms with E-state index in [-0.39, 0.29) is 18.2 Å². The molecule has 2 rings (SSSR count). The third kappa shape index (κ3) is 6.10. The smallest absolute Gasteiger partial charge is 0.223 e. The third-order valence-corrected chi connectivity index (χ3v) is 4.77. The Balaban J connectivity index is 1.92. The van der Waals surface area contributed by atoms with Gasteiger partial charge in [0.05, 0.1) is 0 Å². The highest BCUT2D eigenvalue weighted by atomic mass is 35.5. The van der Waals surface area contributed by atoms with Gasteiger partial charge in [0.25, 0.3) is 0 Å². The van der Waals surface area contributed by atoms with Gasteiger partial charge in [-0.3, -0.25) is 9.59 Å². The van der Waals surface area contributed by atoms with Crippen molar-refractivity contribution in [1.82, 2.24) is 5.32 Å². The van der Waals surface area contributed by atoms with Crippen LogP contribution in [0.3, 0.4) is 0 Å². The lowest BCUT2D eigenvalue weighted by Gasteiger charge is -2.25. The number of benzene rings is 2. The molecule has 0 radical (unpaired) electrons. The lowest BCUT2D eigenvalue weighted by molar-refractivity contribution is -0.121. The number of nitrogens with zero attached hydrogens (tertiary/aromatic N) is 1. The van der Waals surface area contributed by atoms with Gasteiger partial charge in [0, 0.05) is 37.1 Å². The van der Waals surface area contributed by atoms with Gasteiger partial charge in [0.1, 0.15) is 0 Å². The molecule has 0 bridgehead atoms. The summed E-state index contributed by atoms with van der Waals surface area (Å²) in [5, 5.41) is 3.61. The maximum atomic E-state index is 12.2. The Morgan fingerprint density at radius 2 is 1.89 bits per heavy atom. The Hall–Kier alpha value is -2.33. The molecule has 0 spiro atoms. The maximum absolute atomic E-state index is 12.2. The fourth-order valence-corrected chi connectivity index (χ4v) is 3.37. The van der Waals surface area contributed by atoms with Crippen molar-refractivity contribution in [2.75, 3.05) is 18.0 Å². The minimum Gasteiger partial charge on any atom is -0.356 e. The van der Waals surface area contributed by atoms with E-state index in [2.05, 4.69) is 12.2 Å². The molecule has 0 unspecified atom stereocenters. The monoisotopic (exact) mass is 386 g/mol. The zero-order valence-corrected chi connectivity index (χ0v) is 17.0. The lowest BCUT2D eigenvalue weighted by Crippen LogP contribution is -2.35. The van der Waals surface area contributed by atoms with Crippen molar-refractivity contribution >= 4 is 29.1 Å². The second kappa shape index (κ2) is 10.1. The number of rotatable bonds is 8. The molecule has 0 aromatic heterocycles. The van der Waals surface area contributed by atoms with E-state index >= 15 is 0 Å². The third-order valence-electron chi connectivity index (χ3n) is 4.54. The molecule has 5 heteroatoms. The Morgan fingerprint density at radius 1 is 1.15 bits per heavy atom. The van der Waals surface area contributed by atoms with E-state index < -0.39 is 0 Å². The van der Waals surface area contributed by atoms with Crippen molar-refractivity contribution in [2.45, 2.75) is 40.0 Å². The zero-order valence-electron chi connectivity index (χ0n) is 16.2. The number of amides is 2. The van der Waals surface area contributed by atoms with Crippen molar-refractivity contribution in [2.24, 2.45) is 0 Å². The highest BCUT2D eigenvalue weighted by Gasteiger charge is 2.18. The first-order valence-corrected chi connectivity index (χ1v) is 9.68. The van der Waals surface area contributed by atoms with Crippen molar-refractivity contribution in [3.63, 3.8) is 0 Å². The molecule has 0 saturated heterocycles. The summed E-state index contributed by atoms with van der Waals surface area (Å²) in [5.74, 6) is -0.111. The van der Waals surface area contributed by atoms with Crippen LogP contribution in [0.25, 0.3) is 0 Å². The second-order valence-corrected chi connectivity index (χ2v) is 7.02. The molecule has 2 aromatic rings. The van der Waals surface area contributed by atoms with E-state index in [9.17, 15) is 9.59 Å². The Labute approximate surface area is 166 Å². The van der Waals surface area contributed by atoms with Crippen molar-refractivity contribution < 1.29 is 9.59 Å². The van der Waals surface area contributed by atoms with E-state index in [1.807, 2.05) is 49.4 Å².